The van der Waals surface area contributed by atoms with Crippen LogP contribution in [0.3, 0.4) is 0 Å². The van der Waals surface area contributed by atoms with Crippen LogP contribution in [0, 0.1) is 0 Å². The molecule has 1 N–H and O–H groups in total. The van der Waals surface area contributed by atoms with Gasteiger partial charge in [-0.05, 0) is 12.0 Å². The molecule has 1 amide bonds. The maximum atomic E-state index is 13.1. The van der Waals surface area contributed by atoms with Crippen LogP contribution < -0.4 is 0 Å². The summed E-state index contributed by atoms with van der Waals surface area (Å²) in [6, 6.07) is 9.98. The molecule has 146 valence electrons. The molecule has 3 aromatic heterocycles. The van der Waals surface area contributed by atoms with E-state index in [0.717, 1.165) is 38.1 Å². The quantitative estimate of drug-likeness (QED) is 0.527. The zero-order chi connectivity index (χ0) is 19.6. The van der Waals surface area contributed by atoms with Crippen LogP contribution >= 0.6 is 22.7 Å². The van der Waals surface area contributed by atoms with E-state index in [-0.39, 0.29) is 11.9 Å². The van der Waals surface area contributed by atoms with E-state index >= 15 is 0 Å². The number of hydrogen-bond donors (Lipinski definition) is 1. The van der Waals surface area contributed by atoms with E-state index in [2.05, 4.69) is 27.1 Å². The first-order valence-corrected chi connectivity index (χ1v) is 11.2. The van der Waals surface area contributed by atoms with Crippen molar-refractivity contribution in [2.75, 3.05) is 6.54 Å². The molecule has 0 aliphatic carbocycles. The summed E-state index contributed by atoms with van der Waals surface area (Å²) in [5.74, 6) is 0.133. The van der Waals surface area contributed by atoms with Gasteiger partial charge in [-0.3, -0.25) is 9.78 Å². The fourth-order valence-electron chi connectivity index (χ4n) is 3.68. The molecule has 1 atom stereocenters. The van der Waals surface area contributed by atoms with Crippen molar-refractivity contribution in [2.24, 2.45) is 0 Å². The smallest absolute Gasteiger partial charge is 0.223 e. The van der Waals surface area contributed by atoms with Gasteiger partial charge in [0.1, 0.15) is 11.0 Å². The summed E-state index contributed by atoms with van der Waals surface area (Å²) in [5.41, 5.74) is 4.95. The second-order valence-corrected chi connectivity index (χ2v) is 8.94. The van der Waals surface area contributed by atoms with E-state index < -0.39 is 0 Å². The minimum Gasteiger partial charge on any atom is -0.348 e. The number of aromatic amines is 1. The van der Waals surface area contributed by atoms with Crippen molar-refractivity contribution >= 4 is 28.6 Å². The maximum Gasteiger partial charge on any atom is 0.223 e. The molecule has 5 rings (SSSR count). The first kappa shape index (κ1) is 18.2. The highest BCUT2D eigenvalue weighted by molar-refractivity contribution is 7.15. The van der Waals surface area contributed by atoms with Gasteiger partial charge in [0.05, 0.1) is 22.4 Å². The Kier molecular flexibility index (Phi) is 4.95. The van der Waals surface area contributed by atoms with Crippen LogP contribution in [0.1, 0.15) is 33.7 Å². The monoisotopic (exact) mass is 421 g/mol. The molecule has 4 aromatic rings. The molecule has 1 aromatic carbocycles. The highest BCUT2D eigenvalue weighted by Gasteiger charge is 2.35. The van der Waals surface area contributed by atoms with Gasteiger partial charge >= 0.3 is 0 Å². The van der Waals surface area contributed by atoms with Crippen LogP contribution in [0.5, 0.6) is 0 Å². The molecule has 0 bridgehead atoms. The molecule has 1 aliphatic heterocycles. The van der Waals surface area contributed by atoms with Gasteiger partial charge in [-0.25, -0.2) is 9.97 Å². The summed E-state index contributed by atoms with van der Waals surface area (Å²) in [4.78, 5) is 33.9. The second kappa shape index (κ2) is 7.88. The van der Waals surface area contributed by atoms with E-state index in [1.165, 1.54) is 0 Å². The summed E-state index contributed by atoms with van der Waals surface area (Å²) in [6.45, 7) is 0.668. The molecule has 1 aliphatic rings. The van der Waals surface area contributed by atoms with Crippen molar-refractivity contribution < 1.29 is 4.79 Å². The van der Waals surface area contributed by atoms with Crippen LogP contribution in [0.15, 0.2) is 54.6 Å². The summed E-state index contributed by atoms with van der Waals surface area (Å²) in [5, 5.41) is 0.906. The molecule has 0 unspecified atom stereocenters. The zero-order valence-electron chi connectivity index (χ0n) is 15.6. The highest BCUT2D eigenvalue weighted by Crippen LogP contribution is 2.38. The summed E-state index contributed by atoms with van der Waals surface area (Å²) in [6.07, 6.45) is 7.42. The van der Waals surface area contributed by atoms with Crippen LogP contribution in [-0.4, -0.2) is 37.3 Å². The number of H-pyrrole nitrogens is 1. The van der Waals surface area contributed by atoms with Crippen molar-refractivity contribution in [3.8, 4) is 10.4 Å². The summed E-state index contributed by atoms with van der Waals surface area (Å²) >= 11 is 3.22. The molecule has 0 fully saturated rings. The first-order chi connectivity index (χ1) is 14.3. The average molecular weight is 422 g/mol. The number of aromatic nitrogens is 4. The number of fused-ring (bicyclic) bond motifs is 1. The van der Waals surface area contributed by atoms with Crippen molar-refractivity contribution in [2.45, 2.75) is 25.3 Å². The minimum absolute atomic E-state index is 0.133. The number of aryl methyl sites for hydroxylation is 1. The molecule has 0 saturated heterocycles. The van der Waals surface area contributed by atoms with E-state index in [9.17, 15) is 4.79 Å². The first-order valence-electron chi connectivity index (χ1n) is 9.49. The largest absolute Gasteiger partial charge is 0.348 e. The third-order valence-corrected chi connectivity index (χ3v) is 7.07. The molecule has 0 radical (unpaired) electrons. The van der Waals surface area contributed by atoms with Gasteiger partial charge in [-0.2, -0.15) is 0 Å². The Hall–Kier alpha value is -2.84. The summed E-state index contributed by atoms with van der Waals surface area (Å²) in [7, 11) is 0. The van der Waals surface area contributed by atoms with Gasteiger partial charge in [0.25, 0.3) is 0 Å². The number of amides is 1. The Bertz CT molecular complexity index is 1100. The molecule has 8 heteroatoms. The lowest BCUT2D eigenvalue weighted by Crippen LogP contribution is -2.40. The number of rotatable bonds is 5. The van der Waals surface area contributed by atoms with Gasteiger partial charge in [0.15, 0.2) is 0 Å². The standard InChI is InChI=1S/C21H19N5OS2/c27-18(7-6-15-10-22-13-28-15)26-9-8-16-19(25-12-24-16)20(26)21-23-11-17(29-21)14-4-2-1-3-5-14/h1-5,10-13,20H,6-9H2,(H,24,25)/t20-/m0/s1. The number of nitrogens with zero attached hydrogens (tertiary/aromatic N) is 4. The van der Waals surface area contributed by atoms with E-state index in [1.54, 1.807) is 34.5 Å². The van der Waals surface area contributed by atoms with Crippen molar-refractivity contribution in [3.05, 3.63) is 75.8 Å². The van der Waals surface area contributed by atoms with Gasteiger partial charge in [0, 0.05) is 42.4 Å². The van der Waals surface area contributed by atoms with Crippen LogP contribution in [-0.2, 0) is 17.6 Å². The normalized spacial score (nSPS) is 16.0. The van der Waals surface area contributed by atoms with Crippen LogP contribution in [0.2, 0.25) is 0 Å². The Morgan fingerprint density at radius 3 is 2.93 bits per heavy atom. The van der Waals surface area contributed by atoms with Gasteiger partial charge in [-0.1, -0.05) is 30.3 Å². The molecular weight excluding hydrogens is 402 g/mol. The molecule has 4 heterocycles. The number of nitrogens with one attached hydrogen (secondary N) is 1. The van der Waals surface area contributed by atoms with Crippen LogP contribution in [0.25, 0.3) is 10.4 Å². The lowest BCUT2D eigenvalue weighted by Gasteiger charge is -2.33. The van der Waals surface area contributed by atoms with Gasteiger partial charge in [-0.15, -0.1) is 22.7 Å². The number of carbonyl (C=O) groups is 1. The molecule has 6 nitrogen and oxygen atoms in total. The SMILES string of the molecule is O=C(CCc1cncs1)N1CCc2[nH]cnc2[C@H]1c1ncc(-c2ccccc2)s1. The highest BCUT2D eigenvalue weighted by atomic mass is 32.1. The predicted octanol–water partition coefficient (Wildman–Crippen LogP) is 4.10. The van der Waals surface area contributed by atoms with Gasteiger partial charge in [0.2, 0.25) is 5.91 Å². The third kappa shape index (κ3) is 3.61. The topological polar surface area (TPSA) is 74.8 Å². The fraction of sp³-hybridized carbons (Fsp3) is 0.238. The van der Waals surface area contributed by atoms with Crippen molar-refractivity contribution in [1.29, 1.82) is 0 Å². The Morgan fingerprint density at radius 2 is 2.10 bits per heavy atom. The van der Waals surface area contributed by atoms with Crippen molar-refractivity contribution in [1.82, 2.24) is 24.8 Å². The number of thiazole rings is 2. The molecule has 29 heavy (non-hydrogen) atoms. The van der Waals surface area contributed by atoms with Crippen LogP contribution in [0.4, 0.5) is 0 Å². The third-order valence-electron chi connectivity index (χ3n) is 5.13. The molecular formula is C21H19N5OS2. The van der Waals surface area contributed by atoms with E-state index in [1.807, 2.05) is 35.5 Å². The lowest BCUT2D eigenvalue weighted by atomic mass is 10.0. The number of benzene rings is 1. The average Bonchev–Trinajstić information content (AvgIpc) is 3.53. The predicted molar refractivity (Wildman–Crippen MR) is 114 cm³/mol. The summed E-state index contributed by atoms with van der Waals surface area (Å²) < 4.78 is 0. The number of hydrogen-bond acceptors (Lipinski definition) is 6. The fourth-order valence-corrected chi connectivity index (χ4v) is 5.32. The minimum atomic E-state index is -0.235. The second-order valence-electron chi connectivity index (χ2n) is 6.90. The molecule has 0 saturated carbocycles. The Morgan fingerprint density at radius 1 is 1.21 bits per heavy atom. The zero-order valence-corrected chi connectivity index (χ0v) is 17.2. The van der Waals surface area contributed by atoms with E-state index in [0.29, 0.717) is 19.4 Å². The Balaban J connectivity index is 1.44. The van der Waals surface area contributed by atoms with Gasteiger partial charge < -0.3 is 9.88 Å². The van der Waals surface area contributed by atoms with E-state index in [4.69, 9.17) is 4.98 Å². The number of imidazole rings is 1. The lowest BCUT2D eigenvalue weighted by molar-refractivity contribution is -0.133. The number of carbonyl (C=O) groups excluding carboxylic acids is 1. The van der Waals surface area contributed by atoms with Crippen molar-refractivity contribution in [3.63, 3.8) is 0 Å². The molecule has 0 spiro atoms. The maximum absolute atomic E-state index is 13.1. The Labute approximate surface area is 176 Å².